The van der Waals surface area contributed by atoms with Crippen molar-refractivity contribution >= 4 is 21.6 Å². The van der Waals surface area contributed by atoms with E-state index in [-0.39, 0.29) is 11.4 Å². The SMILES string of the molecule is CCCn1cnc2c(-c3ccc(F)cc3)csc2c1=O. The maximum Gasteiger partial charge on any atom is 0.271 e. The van der Waals surface area contributed by atoms with Gasteiger partial charge >= 0.3 is 0 Å². The van der Waals surface area contributed by atoms with Crippen LogP contribution in [0, 0.1) is 5.82 Å². The first-order valence-corrected chi connectivity index (χ1v) is 7.31. The summed E-state index contributed by atoms with van der Waals surface area (Å²) in [6.07, 6.45) is 2.48. The molecule has 0 saturated carbocycles. The van der Waals surface area contributed by atoms with Gasteiger partial charge in [0.25, 0.3) is 5.56 Å². The van der Waals surface area contributed by atoms with Crippen molar-refractivity contribution in [2.75, 3.05) is 0 Å². The van der Waals surface area contributed by atoms with Crippen molar-refractivity contribution in [1.29, 1.82) is 0 Å². The number of rotatable bonds is 3. The second-order valence-corrected chi connectivity index (χ2v) is 5.46. The van der Waals surface area contributed by atoms with Crippen molar-refractivity contribution in [1.82, 2.24) is 9.55 Å². The Hall–Kier alpha value is -2.01. The van der Waals surface area contributed by atoms with E-state index in [0.717, 1.165) is 17.5 Å². The molecule has 1 aromatic carbocycles. The van der Waals surface area contributed by atoms with Gasteiger partial charge in [0.2, 0.25) is 0 Å². The van der Waals surface area contributed by atoms with Gasteiger partial charge in [0, 0.05) is 17.5 Å². The van der Waals surface area contributed by atoms with Gasteiger partial charge in [-0.05, 0) is 24.1 Å². The largest absolute Gasteiger partial charge is 0.298 e. The minimum atomic E-state index is -0.272. The minimum absolute atomic E-state index is 0.00443. The van der Waals surface area contributed by atoms with E-state index in [1.165, 1.54) is 23.5 Å². The summed E-state index contributed by atoms with van der Waals surface area (Å²) in [6.45, 7) is 2.69. The highest BCUT2D eigenvalue weighted by molar-refractivity contribution is 7.17. The molecule has 20 heavy (non-hydrogen) atoms. The molecule has 0 saturated heterocycles. The summed E-state index contributed by atoms with van der Waals surface area (Å²) in [5.74, 6) is -0.272. The van der Waals surface area contributed by atoms with Gasteiger partial charge in [-0.1, -0.05) is 19.1 Å². The van der Waals surface area contributed by atoms with Gasteiger partial charge in [0.15, 0.2) is 0 Å². The average molecular weight is 288 g/mol. The summed E-state index contributed by atoms with van der Waals surface area (Å²) >= 11 is 1.39. The maximum absolute atomic E-state index is 13.0. The number of hydrogen-bond donors (Lipinski definition) is 0. The smallest absolute Gasteiger partial charge is 0.271 e. The average Bonchev–Trinajstić information content (AvgIpc) is 2.88. The van der Waals surface area contributed by atoms with Crippen LogP contribution in [-0.2, 0) is 6.54 Å². The van der Waals surface area contributed by atoms with Gasteiger partial charge in [-0.3, -0.25) is 9.36 Å². The molecule has 0 spiro atoms. The lowest BCUT2D eigenvalue weighted by molar-refractivity contribution is 0.628. The lowest BCUT2D eigenvalue weighted by atomic mass is 10.1. The highest BCUT2D eigenvalue weighted by atomic mass is 32.1. The van der Waals surface area contributed by atoms with Crippen molar-refractivity contribution in [2.24, 2.45) is 0 Å². The topological polar surface area (TPSA) is 34.9 Å². The first-order valence-electron chi connectivity index (χ1n) is 6.43. The van der Waals surface area contributed by atoms with Crippen LogP contribution in [0.5, 0.6) is 0 Å². The molecule has 5 heteroatoms. The molecule has 0 atom stereocenters. The first-order chi connectivity index (χ1) is 9.70. The van der Waals surface area contributed by atoms with E-state index < -0.39 is 0 Å². The lowest BCUT2D eigenvalue weighted by Gasteiger charge is -2.03. The Morgan fingerprint density at radius 1 is 1.30 bits per heavy atom. The standard InChI is InChI=1S/C15H13FN2OS/c1-2-7-18-9-17-13-12(8-20-14(13)15(18)19)10-3-5-11(16)6-4-10/h3-6,8-9H,2,7H2,1H3. The zero-order chi connectivity index (χ0) is 14.1. The van der Waals surface area contributed by atoms with E-state index >= 15 is 0 Å². The Labute approximate surface area is 119 Å². The summed E-state index contributed by atoms with van der Waals surface area (Å²) in [7, 11) is 0. The van der Waals surface area contributed by atoms with Crippen LogP contribution in [0.4, 0.5) is 4.39 Å². The first kappa shape index (κ1) is 13.0. The van der Waals surface area contributed by atoms with Crippen LogP contribution in [-0.4, -0.2) is 9.55 Å². The van der Waals surface area contributed by atoms with Gasteiger partial charge in [-0.2, -0.15) is 0 Å². The van der Waals surface area contributed by atoms with E-state index in [2.05, 4.69) is 4.98 Å². The monoisotopic (exact) mass is 288 g/mol. The van der Waals surface area contributed by atoms with Crippen LogP contribution in [0.3, 0.4) is 0 Å². The molecule has 102 valence electrons. The second kappa shape index (κ2) is 5.17. The minimum Gasteiger partial charge on any atom is -0.298 e. The summed E-state index contributed by atoms with van der Waals surface area (Å²) in [4.78, 5) is 16.7. The van der Waals surface area contributed by atoms with Crippen LogP contribution in [0.15, 0.2) is 40.8 Å². The zero-order valence-electron chi connectivity index (χ0n) is 11.0. The van der Waals surface area contributed by atoms with Gasteiger partial charge in [0.1, 0.15) is 10.5 Å². The molecular weight excluding hydrogens is 275 g/mol. The lowest BCUT2D eigenvalue weighted by Crippen LogP contribution is -2.19. The van der Waals surface area contributed by atoms with Crippen LogP contribution in [0.25, 0.3) is 21.3 Å². The van der Waals surface area contributed by atoms with Gasteiger partial charge < -0.3 is 0 Å². The molecular formula is C15H13FN2OS. The molecule has 2 heterocycles. The Bertz CT molecular complexity index is 805. The van der Waals surface area contributed by atoms with Crippen molar-refractivity contribution in [3.63, 3.8) is 0 Å². The summed E-state index contributed by atoms with van der Waals surface area (Å²) in [5.41, 5.74) is 2.44. The van der Waals surface area contributed by atoms with E-state index in [1.807, 2.05) is 12.3 Å². The highest BCUT2D eigenvalue weighted by Crippen LogP contribution is 2.30. The number of halogens is 1. The normalized spacial score (nSPS) is 11.1. The predicted molar refractivity (Wildman–Crippen MR) is 79.6 cm³/mol. The molecule has 2 aromatic heterocycles. The Morgan fingerprint density at radius 2 is 2.05 bits per heavy atom. The number of benzene rings is 1. The zero-order valence-corrected chi connectivity index (χ0v) is 11.8. The van der Waals surface area contributed by atoms with Crippen molar-refractivity contribution in [3.8, 4) is 11.1 Å². The van der Waals surface area contributed by atoms with Crippen molar-refractivity contribution < 1.29 is 4.39 Å². The Balaban J connectivity index is 2.17. The van der Waals surface area contributed by atoms with E-state index in [4.69, 9.17) is 0 Å². The fourth-order valence-electron chi connectivity index (χ4n) is 2.18. The predicted octanol–water partition coefficient (Wildman–Crippen LogP) is 3.67. The molecule has 0 amide bonds. The highest BCUT2D eigenvalue weighted by Gasteiger charge is 2.12. The maximum atomic E-state index is 13.0. The molecule has 0 N–H and O–H groups in total. The third-order valence-corrected chi connectivity index (χ3v) is 4.12. The van der Waals surface area contributed by atoms with E-state index in [0.29, 0.717) is 16.8 Å². The van der Waals surface area contributed by atoms with Gasteiger partial charge in [0.05, 0.1) is 11.8 Å². The Morgan fingerprint density at radius 3 is 2.75 bits per heavy atom. The molecule has 0 aliphatic heterocycles. The summed E-state index contributed by atoms with van der Waals surface area (Å²) in [5, 5.41) is 1.91. The molecule has 3 rings (SSSR count). The number of hydrogen-bond acceptors (Lipinski definition) is 3. The van der Waals surface area contributed by atoms with E-state index in [9.17, 15) is 9.18 Å². The quantitative estimate of drug-likeness (QED) is 0.737. The molecule has 0 fully saturated rings. The molecule has 0 aliphatic rings. The van der Waals surface area contributed by atoms with Gasteiger partial charge in [-0.15, -0.1) is 11.3 Å². The number of nitrogens with zero attached hydrogens (tertiary/aromatic N) is 2. The molecule has 0 bridgehead atoms. The molecule has 0 radical (unpaired) electrons. The number of thiophene rings is 1. The van der Waals surface area contributed by atoms with Crippen molar-refractivity contribution in [2.45, 2.75) is 19.9 Å². The molecule has 3 nitrogen and oxygen atoms in total. The van der Waals surface area contributed by atoms with Crippen molar-refractivity contribution in [3.05, 3.63) is 52.1 Å². The van der Waals surface area contributed by atoms with Crippen LogP contribution in [0.2, 0.25) is 0 Å². The van der Waals surface area contributed by atoms with E-state index in [1.54, 1.807) is 23.0 Å². The van der Waals surface area contributed by atoms with Crippen LogP contribution >= 0.6 is 11.3 Å². The molecule has 3 aromatic rings. The Kier molecular flexibility index (Phi) is 3.36. The molecule has 0 aliphatic carbocycles. The number of aromatic nitrogens is 2. The van der Waals surface area contributed by atoms with Crippen LogP contribution < -0.4 is 5.56 Å². The molecule has 0 unspecified atom stereocenters. The fraction of sp³-hybridized carbons (Fsp3) is 0.200. The second-order valence-electron chi connectivity index (χ2n) is 4.58. The summed E-state index contributed by atoms with van der Waals surface area (Å²) < 4.78 is 15.3. The third kappa shape index (κ3) is 2.14. The van der Waals surface area contributed by atoms with Crippen LogP contribution in [0.1, 0.15) is 13.3 Å². The number of fused-ring (bicyclic) bond motifs is 1. The third-order valence-electron chi connectivity index (χ3n) is 3.17. The fourth-order valence-corrected chi connectivity index (χ4v) is 3.15. The summed E-state index contributed by atoms with van der Waals surface area (Å²) in [6, 6.07) is 6.24. The van der Waals surface area contributed by atoms with Gasteiger partial charge in [-0.25, -0.2) is 9.37 Å². The number of aryl methyl sites for hydroxylation is 1.